The number of hydrogen-bond acceptors (Lipinski definition) is 5. The molecule has 0 spiro atoms. The summed E-state index contributed by atoms with van der Waals surface area (Å²) in [6.45, 7) is 11.4. The van der Waals surface area contributed by atoms with Gasteiger partial charge in [0.15, 0.2) is 0 Å². The van der Waals surface area contributed by atoms with Crippen molar-refractivity contribution in [3.05, 3.63) is 71.8 Å². The van der Waals surface area contributed by atoms with Gasteiger partial charge in [0.2, 0.25) is 6.29 Å². The predicted octanol–water partition coefficient (Wildman–Crippen LogP) is 5.30. The van der Waals surface area contributed by atoms with Gasteiger partial charge < -0.3 is 9.47 Å². The van der Waals surface area contributed by atoms with E-state index in [4.69, 9.17) is 14.5 Å². The first kappa shape index (κ1) is 24.3. The summed E-state index contributed by atoms with van der Waals surface area (Å²) >= 11 is 0. The molecule has 0 atom stereocenters. The average molecular weight is 452 g/mol. The van der Waals surface area contributed by atoms with Crippen molar-refractivity contribution >= 4 is 17.9 Å². The normalized spacial score (nSPS) is 14.7. The van der Waals surface area contributed by atoms with Crippen LogP contribution in [0.2, 0.25) is 0 Å². The van der Waals surface area contributed by atoms with E-state index in [1.165, 1.54) is 9.80 Å². The van der Waals surface area contributed by atoms with E-state index in [2.05, 4.69) is 0 Å². The maximum Gasteiger partial charge on any atom is 0.413 e. The number of carbonyl (C=O) groups excluding carboxylic acids is 2. The molecule has 7 nitrogen and oxygen atoms in total. The minimum atomic E-state index is -0.898. The molecule has 2 aromatic rings. The molecule has 1 fully saturated rings. The van der Waals surface area contributed by atoms with Crippen LogP contribution in [-0.4, -0.2) is 58.3 Å². The molecule has 0 saturated carbocycles. The van der Waals surface area contributed by atoms with Crippen molar-refractivity contribution in [2.75, 3.05) is 13.1 Å². The SMILES string of the molecule is CC(C)(C)OC(=O)N1CCN(C(=O)OC(C)(C)C)C1N=C(c1ccccc1)c1ccccc1. The number of benzene rings is 2. The van der Waals surface area contributed by atoms with Crippen LogP contribution in [0.4, 0.5) is 9.59 Å². The van der Waals surface area contributed by atoms with Gasteiger partial charge in [-0.15, -0.1) is 0 Å². The fraction of sp³-hybridized carbons (Fsp3) is 0.423. The minimum Gasteiger partial charge on any atom is -0.444 e. The van der Waals surface area contributed by atoms with Gasteiger partial charge in [0.05, 0.1) is 5.71 Å². The van der Waals surface area contributed by atoms with Gasteiger partial charge in [0, 0.05) is 24.2 Å². The number of ether oxygens (including phenoxy) is 2. The van der Waals surface area contributed by atoms with Crippen molar-refractivity contribution in [3.63, 3.8) is 0 Å². The van der Waals surface area contributed by atoms with E-state index < -0.39 is 29.7 Å². The first-order chi connectivity index (χ1) is 15.4. The number of aliphatic imine (C=N–C) groups is 1. The molecule has 0 aliphatic carbocycles. The van der Waals surface area contributed by atoms with Crippen molar-refractivity contribution < 1.29 is 19.1 Å². The molecule has 0 radical (unpaired) electrons. The lowest BCUT2D eigenvalue weighted by Gasteiger charge is -2.31. The molecule has 7 heteroatoms. The molecule has 33 heavy (non-hydrogen) atoms. The number of hydrogen-bond donors (Lipinski definition) is 0. The molecule has 1 heterocycles. The van der Waals surface area contributed by atoms with Crippen molar-refractivity contribution in [2.45, 2.75) is 59.0 Å². The van der Waals surface area contributed by atoms with Crippen molar-refractivity contribution in [1.29, 1.82) is 0 Å². The first-order valence-corrected chi connectivity index (χ1v) is 11.1. The zero-order valence-electron chi connectivity index (χ0n) is 20.2. The van der Waals surface area contributed by atoms with Gasteiger partial charge in [-0.1, -0.05) is 60.7 Å². The molecule has 2 aromatic carbocycles. The summed E-state index contributed by atoms with van der Waals surface area (Å²) in [5.41, 5.74) is 1.08. The Bertz CT molecular complexity index is 914. The summed E-state index contributed by atoms with van der Waals surface area (Å²) in [5, 5.41) is 0. The molecule has 0 aromatic heterocycles. The highest BCUT2D eigenvalue weighted by atomic mass is 16.6. The van der Waals surface area contributed by atoms with Crippen molar-refractivity contribution in [3.8, 4) is 0 Å². The third kappa shape index (κ3) is 6.57. The topological polar surface area (TPSA) is 71.4 Å². The van der Waals surface area contributed by atoms with Gasteiger partial charge in [-0.05, 0) is 41.5 Å². The summed E-state index contributed by atoms with van der Waals surface area (Å²) < 4.78 is 11.2. The highest BCUT2D eigenvalue weighted by Gasteiger charge is 2.42. The standard InChI is InChI=1S/C26H33N3O4/c1-25(2,3)32-23(30)28-17-18-29(24(31)33-26(4,5)6)22(28)27-21(19-13-9-7-10-14-19)20-15-11-8-12-16-20/h7-16,22H,17-18H2,1-6H3. The van der Waals surface area contributed by atoms with Crippen LogP contribution < -0.4 is 0 Å². The Balaban J connectivity index is 2.07. The van der Waals surface area contributed by atoms with Crippen LogP contribution in [-0.2, 0) is 9.47 Å². The Kier molecular flexibility index (Phi) is 7.10. The highest BCUT2D eigenvalue weighted by molar-refractivity contribution is 6.13. The monoisotopic (exact) mass is 451 g/mol. The molecule has 2 amide bonds. The lowest BCUT2D eigenvalue weighted by Crippen LogP contribution is -2.47. The van der Waals surface area contributed by atoms with E-state index in [0.29, 0.717) is 18.8 Å². The second kappa shape index (κ2) is 9.65. The van der Waals surface area contributed by atoms with Crippen LogP contribution in [0.25, 0.3) is 0 Å². The smallest absolute Gasteiger partial charge is 0.413 e. The zero-order valence-corrected chi connectivity index (χ0v) is 20.2. The highest BCUT2D eigenvalue weighted by Crippen LogP contribution is 2.24. The Hall–Kier alpha value is -3.35. The van der Waals surface area contributed by atoms with Gasteiger partial charge in [0.25, 0.3) is 0 Å². The van der Waals surface area contributed by atoms with E-state index in [1.807, 2.05) is 102 Å². The Morgan fingerprint density at radius 3 is 1.42 bits per heavy atom. The summed E-state index contributed by atoms with van der Waals surface area (Å²) in [6.07, 6.45) is -1.95. The maximum absolute atomic E-state index is 13.0. The van der Waals surface area contributed by atoms with Crippen molar-refractivity contribution in [1.82, 2.24) is 9.80 Å². The quantitative estimate of drug-likeness (QED) is 0.594. The molecular formula is C26H33N3O4. The molecule has 1 aliphatic rings. The third-order valence-electron chi connectivity index (χ3n) is 4.73. The fourth-order valence-electron chi connectivity index (χ4n) is 3.39. The summed E-state index contributed by atoms with van der Waals surface area (Å²) in [6, 6.07) is 19.4. The molecule has 176 valence electrons. The van der Waals surface area contributed by atoms with E-state index in [-0.39, 0.29) is 0 Å². The Labute approximate surface area is 196 Å². The number of carbonyl (C=O) groups is 2. The number of rotatable bonds is 3. The summed E-state index contributed by atoms with van der Waals surface area (Å²) in [7, 11) is 0. The molecule has 0 bridgehead atoms. The predicted molar refractivity (Wildman–Crippen MR) is 128 cm³/mol. The lowest BCUT2D eigenvalue weighted by molar-refractivity contribution is 0.00196. The van der Waals surface area contributed by atoms with Crippen LogP contribution in [0.1, 0.15) is 52.7 Å². The third-order valence-corrected chi connectivity index (χ3v) is 4.73. The lowest BCUT2D eigenvalue weighted by atomic mass is 10.0. The second-order valence-corrected chi connectivity index (χ2v) is 9.90. The van der Waals surface area contributed by atoms with Gasteiger partial charge in [0.1, 0.15) is 11.2 Å². The maximum atomic E-state index is 13.0. The molecule has 0 N–H and O–H groups in total. The summed E-state index contributed by atoms with van der Waals surface area (Å²) in [4.78, 5) is 34.0. The Morgan fingerprint density at radius 1 is 0.727 bits per heavy atom. The molecule has 1 aliphatic heterocycles. The molecular weight excluding hydrogens is 418 g/mol. The fourth-order valence-corrected chi connectivity index (χ4v) is 3.39. The first-order valence-electron chi connectivity index (χ1n) is 11.1. The average Bonchev–Trinajstić information content (AvgIpc) is 3.15. The summed E-state index contributed by atoms with van der Waals surface area (Å²) in [5.74, 6) is 0. The molecule has 0 unspecified atom stereocenters. The van der Waals surface area contributed by atoms with Gasteiger partial charge >= 0.3 is 12.2 Å². The molecule has 1 saturated heterocycles. The van der Waals surface area contributed by atoms with E-state index >= 15 is 0 Å². The largest absolute Gasteiger partial charge is 0.444 e. The van der Waals surface area contributed by atoms with Gasteiger partial charge in [-0.3, -0.25) is 9.80 Å². The minimum absolute atomic E-state index is 0.291. The zero-order chi connectivity index (χ0) is 24.2. The van der Waals surface area contributed by atoms with E-state index in [1.54, 1.807) is 0 Å². The van der Waals surface area contributed by atoms with Crippen molar-refractivity contribution in [2.24, 2.45) is 4.99 Å². The van der Waals surface area contributed by atoms with Crippen LogP contribution in [0.3, 0.4) is 0 Å². The van der Waals surface area contributed by atoms with Gasteiger partial charge in [-0.2, -0.15) is 0 Å². The van der Waals surface area contributed by atoms with E-state index in [9.17, 15) is 9.59 Å². The Morgan fingerprint density at radius 2 is 1.09 bits per heavy atom. The number of nitrogens with zero attached hydrogens (tertiary/aromatic N) is 3. The van der Waals surface area contributed by atoms with Crippen LogP contribution >= 0.6 is 0 Å². The molecule has 3 rings (SSSR count). The van der Waals surface area contributed by atoms with Gasteiger partial charge in [-0.25, -0.2) is 14.6 Å². The second-order valence-electron chi connectivity index (χ2n) is 9.90. The van der Waals surface area contributed by atoms with Crippen LogP contribution in [0, 0.1) is 0 Å². The van der Waals surface area contributed by atoms with Crippen LogP contribution in [0.5, 0.6) is 0 Å². The number of amides is 2. The van der Waals surface area contributed by atoms with Crippen LogP contribution in [0.15, 0.2) is 65.7 Å². The van der Waals surface area contributed by atoms with E-state index in [0.717, 1.165) is 11.1 Å².